The Morgan fingerprint density at radius 1 is 1.20 bits per heavy atom. The summed E-state index contributed by atoms with van der Waals surface area (Å²) in [5.41, 5.74) is 0. The molecule has 0 aromatic carbocycles. The number of thiophene rings is 1. The molecule has 0 aliphatic rings. The molecule has 0 unspecified atom stereocenters. The summed E-state index contributed by atoms with van der Waals surface area (Å²) in [5.74, 6) is 0.744. The zero-order chi connectivity index (χ0) is 15.0. The van der Waals surface area contributed by atoms with E-state index in [1.807, 2.05) is 0 Å². The third-order valence-electron chi connectivity index (χ3n) is 3.06. The van der Waals surface area contributed by atoms with Gasteiger partial charge in [0.05, 0.1) is 6.61 Å². The van der Waals surface area contributed by atoms with E-state index < -0.39 is 10.0 Å². The molecule has 0 aliphatic heterocycles. The average Bonchev–Trinajstić information content (AvgIpc) is 2.86. The van der Waals surface area contributed by atoms with E-state index in [1.165, 1.54) is 12.8 Å². The van der Waals surface area contributed by atoms with E-state index in [-0.39, 0.29) is 10.8 Å². The Bertz CT molecular complexity index is 480. The lowest BCUT2D eigenvalue weighted by Gasteiger charge is -2.06. The largest absolute Gasteiger partial charge is 0.391 e. The molecule has 1 aromatic heterocycles. The van der Waals surface area contributed by atoms with Gasteiger partial charge in [-0.25, -0.2) is 13.1 Å². The van der Waals surface area contributed by atoms with E-state index in [2.05, 4.69) is 18.6 Å². The van der Waals surface area contributed by atoms with Crippen molar-refractivity contribution >= 4 is 21.4 Å². The second kappa shape index (κ2) is 8.77. The van der Waals surface area contributed by atoms with Gasteiger partial charge < -0.3 is 5.11 Å². The van der Waals surface area contributed by atoms with Gasteiger partial charge >= 0.3 is 0 Å². The van der Waals surface area contributed by atoms with Gasteiger partial charge in [0, 0.05) is 11.4 Å². The minimum Gasteiger partial charge on any atom is -0.391 e. The molecule has 1 heterocycles. The van der Waals surface area contributed by atoms with Crippen LogP contribution >= 0.6 is 11.3 Å². The Morgan fingerprint density at radius 3 is 2.50 bits per heavy atom. The van der Waals surface area contributed by atoms with Crippen molar-refractivity contribution in [3.63, 3.8) is 0 Å². The Kier molecular flexibility index (Phi) is 7.72. The summed E-state index contributed by atoms with van der Waals surface area (Å²) in [5, 5.41) is 8.95. The molecule has 1 aromatic rings. The summed E-state index contributed by atoms with van der Waals surface area (Å²) in [6.07, 6.45) is 5.55. The molecule has 6 heteroatoms. The lowest BCUT2D eigenvalue weighted by molar-refractivity contribution is 0.285. The van der Waals surface area contributed by atoms with Crippen molar-refractivity contribution in [3.05, 3.63) is 17.0 Å². The van der Waals surface area contributed by atoms with Crippen molar-refractivity contribution in [2.24, 2.45) is 5.92 Å². The summed E-state index contributed by atoms with van der Waals surface area (Å²) in [6, 6.07) is 3.19. The van der Waals surface area contributed by atoms with Crippen LogP contribution in [-0.4, -0.2) is 20.1 Å². The highest BCUT2D eigenvalue weighted by molar-refractivity contribution is 7.91. The van der Waals surface area contributed by atoms with Crippen molar-refractivity contribution < 1.29 is 13.5 Å². The van der Waals surface area contributed by atoms with E-state index in [0.717, 1.165) is 36.5 Å². The normalized spacial score (nSPS) is 12.2. The topological polar surface area (TPSA) is 66.4 Å². The van der Waals surface area contributed by atoms with Gasteiger partial charge in [0.25, 0.3) is 0 Å². The molecule has 0 aliphatic carbocycles. The first-order valence-electron chi connectivity index (χ1n) is 7.15. The Balaban J connectivity index is 2.23. The van der Waals surface area contributed by atoms with Crippen molar-refractivity contribution in [2.75, 3.05) is 6.54 Å². The Labute approximate surface area is 126 Å². The molecule has 20 heavy (non-hydrogen) atoms. The van der Waals surface area contributed by atoms with Crippen LogP contribution in [0.4, 0.5) is 0 Å². The first kappa shape index (κ1) is 17.6. The van der Waals surface area contributed by atoms with Crippen LogP contribution in [0, 0.1) is 5.92 Å². The summed E-state index contributed by atoms with van der Waals surface area (Å²) in [6.45, 7) is 4.80. The molecule has 1 rings (SSSR count). The molecule has 0 atom stereocenters. The summed E-state index contributed by atoms with van der Waals surface area (Å²) < 4.78 is 26.8. The Morgan fingerprint density at radius 2 is 1.90 bits per heavy atom. The number of aliphatic hydroxyl groups is 1. The van der Waals surface area contributed by atoms with Gasteiger partial charge in [-0.3, -0.25) is 0 Å². The summed E-state index contributed by atoms with van der Waals surface area (Å²) in [7, 11) is -3.40. The average molecular weight is 319 g/mol. The standard InChI is InChI=1S/C14H25NO3S2/c1-12(2)7-5-3-4-6-10-15-20(17,18)14-9-8-13(11-16)19-14/h8-9,12,15-16H,3-7,10-11H2,1-2H3. The molecule has 0 fully saturated rings. The number of unbranched alkanes of at least 4 members (excludes halogenated alkanes) is 3. The predicted molar refractivity (Wildman–Crippen MR) is 83.4 cm³/mol. The minimum atomic E-state index is -3.40. The van der Waals surface area contributed by atoms with Crippen LogP contribution in [0.1, 0.15) is 50.8 Å². The number of sulfonamides is 1. The van der Waals surface area contributed by atoms with Gasteiger partial charge in [-0.05, 0) is 24.5 Å². The van der Waals surface area contributed by atoms with E-state index in [1.54, 1.807) is 12.1 Å². The number of hydrogen-bond acceptors (Lipinski definition) is 4. The quantitative estimate of drug-likeness (QED) is 0.651. The predicted octanol–water partition coefficient (Wildman–Crippen LogP) is 3.13. The molecular weight excluding hydrogens is 294 g/mol. The van der Waals surface area contributed by atoms with Gasteiger partial charge in [0.1, 0.15) is 4.21 Å². The molecule has 0 saturated heterocycles. The lowest BCUT2D eigenvalue weighted by Crippen LogP contribution is -2.23. The molecule has 0 bridgehead atoms. The highest BCUT2D eigenvalue weighted by Crippen LogP contribution is 2.21. The van der Waals surface area contributed by atoms with E-state index in [0.29, 0.717) is 11.4 Å². The van der Waals surface area contributed by atoms with Gasteiger partial charge in [-0.2, -0.15) is 0 Å². The maximum atomic E-state index is 12.0. The van der Waals surface area contributed by atoms with Crippen molar-refractivity contribution in [1.82, 2.24) is 4.72 Å². The lowest BCUT2D eigenvalue weighted by atomic mass is 10.0. The first-order valence-corrected chi connectivity index (χ1v) is 9.45. The molecule has 0 amide bonds. The van der Waals surface area contributed by atoms with Crippen molar-refractivity contribution in [2.45, 2.75) is 56.8 Å². The van der Waals surface area contributed by atoms with Gasteiger partial charge in [0.15, 0.2) is 0 Å². The number of hydrogen-bond donors (Lipinski definition) is 2. The van der Waals surface area contributed by atoms with Crippen molar-refractivity contribution in [1.29, 1.82) is 0 Å². The van der Waals surface area contributed by atoms with Crippen LogP contribution < -0.4 is 4.72 Å². The third-order valence-corrected chi connectivity index (χ3v) is 6.08. The SMILES string of the molecule is CC(C)CCCCCCNS(=O)(=O)c1ccc(CO)s1. The molecule has 2 N–H and O–H groups in total. The van der Waals surface area contributed by atoms with Gasteiger partial charge in [-0.15, -0.1) is 11.3 Å². The van der Waals surface area contributed by atoms with E-state index in [9.17, 15) is 8.42 Å². The molecule has 4 nitrogen and oxygen atoms in total. The van der Waals surface area contributed by atoms with Gasteiger partial charge in [-0.1, -0.05) is 39.5 Å². The van der Waals surface area contributed by atoms with Crippen LogP contribution in [0.15, 0.2) is 16.3 Å². The molecule has 0 spiro atoms. The van der Waals surface area contributed by atoms with Crippen LogP contribution in [-0.2, 0) is 16.6 Å². The minimum absolute atomic E-state index is 0.115. The monoisotopic (exact) mass is 319 g/mol. The van der Waals surface area contributed by atoms with Gasteiger partial charge in [0.2, 0.25) is 10.0 Å². The zero-order valence-electron chi connectivity index (χ0n) is 12.3. The summed E-state index contributed by atoms with van der Waals surface area (Å²) >= 11 is 1.11. The first-order chi connectivity index (χ1) is 9.45. The fourth-order valence-corrected chi connectivity index (χ4v) is 4.23. The highest BCUT2D eigenvalue weighted by Gasteiger charge is 2.15. The second-order valence-corrected chi connectivity index (χ2v) is 8.54. The molecule has 0 saturated carbocycles. The van der Waals surface area contributed by atoms with Crippen LogP contribution in [0.3, 0.4) is 0 Å². The van der Waals surface area contributed by atoms with Crippen LogP contribution in [0.5, 0.6) is 0 Å². The second-order valence-electron chi connectivity index (χ2n) is 5.37. The molecule has 0 radical (unpaired) electrons. The maximum absolute atomic E-state index is 12.0. The number of nitrogens with one attached hydrogen (secondary N) is 1. The number of rotatable bonds is 10. The number of aliphatic hydroxyl groups excluding tert-OH is 1. The molecular formula is C14H25NO3S2. The Hall–Kier alpha value is -0.430. The van der Waals surface area contributed by atoms with E-state index in [4.69, 9.17) is 5.11 Å². The zero-order valence-corrected chi connectivity index (χ0v) is 13.9. The summed E-state index contributed by atoms with van der Waals surface area (Å²) in [4.78, 5) is 0.666. The smallest absolute Gasteiger partial charge is 0.250 e. The fourth-order valence-electron chi connectivity index (χ4n) is 1.90. The molecule has 116 valence electrons. The highest BCUT2D eigenvalue weighted by atomic mass is 32.2. The van der Waals surface area contributed by atoms with Crippen LogP contribution in [0.25, 0.3) is 0 Å². The van der Waals surface area contributed by atoms with Crippen molar-refractivity contribution in [3.8, 4) is 0 Å². The van der Waals surface area contributed by atoms with E-state index >= 15 is 0 Å². The fraction of sp³-hybridized carbons (Fsp3) is 0.714. The third kappa shape index (κ3) is 6.35. The van der Waals surface area contributed by atoms with Crippen LogP contribution in [0.2, 0.25) is 0 Å². The maximum Gasteiger partial charge on any atom is 0.250 e.